The molecule has 2 heterocycles. The van der Waals surface area contributed by atoms with Crippen molar-refractivity contribution in [2.24, 2.45) is 0 Å². The average molecular weight is 419 g/mol. The first-order valence-electron chi connectivity index (χ1n) is 9.64. The summed E-state index contributed by atoms with van der Waals surface area (Å²) in [5, 5.41) is 19.1. The molecule has 3 N–H and O–H groups in total. The lowest BCUT2D eigenvalue weighted by Crippen LogP contribution is -2.34. The van der Waals surface area contributed by atoms with Crippen LogP contribution in [0, 0.1) is 5.41 Å². The fourth-order valence-corrected chi connectivity index (χ4v) is 4.11. The summed E-state index contributed by atoms with van der Waals surface area (Å²) in [6.45, 7) is 0.356. The number of fused-ring (bicyclic) bond motifs is 1. The first-order valence-corrected chi connectivity index (χ1v) is 10.5. The van der Waals surface area contributed by atoms with Crippen LogP contribution in [0.5, 0.6) is 0 Å². The van der Waals surface area contributed by atoms with Gasteiger partial charge in [0.05, 0.1) is 30.3 Å². The van der Waals surface area contributed by atoms with Crippen molar-refractivity contribution in [1.29, 1.82) is 5.41 Å². The Labute approximate surface area is 179 Å². The zero-order chi connectivity index (χ0) is 20.9. The third-order valence-corrected chi connectivity index (χ3v) is 5.80. The fraction of sp³-hybridized carbons (Fsp3) is 0.174. The maximum Gasteiger partial charge on any atom is 0.233 e. The highest BCUT2D eigenvalue weighted by Crippen LogP contribution is 2.23. The van der Waals surface area contributed by atoms with E-state index in [4.69, 9.17) is 5.41 Å². The Balaban J connectivity index is 1.40. The molecule has 3 aromatic rings. The second-order valence-corrected chi connectivity index (χ2v) is 7.98. The average Bonchev–Trinajstić information content (AvgIpc) is 3.15. The van der Waals surface area contributed by atoms with Crippen LogP contribution in [0.1, 0.15) is 11.5 Å². The lowest BCUT2D eigenvalue weighted by Gasteiger charge is -2.21. The third kappa shape index (κ3) is 4.37. The van der Waals surface area contributed by atoms with Crippen molar-refractivity contribution in [2.45, 2.75) is 10.8 Å². The van der Waals surface area contributed by atoms with E-state index in [2.05, 4.69) is 15.8 Å². The Morgan fingerprint density at radius 1 is 1.20 bits per heavy atom. The molecule has 7 heteroatoms. The Hall–Kier alpha value is -3.16. The Kier molecular flexibility index (Phi) is 6.11. The lowest BCUT2D eigenvalue weighted by molar-refractivity contribution is -0.132. The van der Waals surface area contributed by atoms with Crippen molar-refractivity contribution in [3.8, 4) is 0 Å². The summed E-state index contributed by atoms with van der Waals surface area (Å²) in [6.07, 6.45) is 3.56. The molecule has 1 fully saturated rings. The number of likely N-dealkylation sites (tertiary alicyclic amines) is 1. The molecular weight excluding hydrogens is 396 g/mol. The van der Waals surface area contributed by atoms with E-state index < -0.39 is 5.92 Å². The number of hydrogen-bond acceptors (Lipinski definition) is 6. The molecule has 1 unspecified atom stereocenters. The molecule has 4 rings (SSSR count). The van der Waals surface area contributed by atoms with E-state index in [1.165, 1.54) is 11.9 Å². The summed E-state index contributed by atoms with van der Waals surface area (Å²) in [5.74, 6) is -0.765. The fourth-order valence-electron chi connectivity index (χ4n) is 3.46. The summed E-state index contributed by atoms with van der Waals surface area (Å²) in [6, 6.07) is 19.2. The maximum absolute atomic E-state index is 12.9. The molecule has 0 bridgehead atoms. The van der Waals surface area contributed by atoms with E-state index in [-0.39, 0.29) is 19.1 Å². The molecule has 1 atom stereocenters. The van der Waals surface area contributed by atoms with Gasteiger partial charge < -0.3 is 20.1 Å². The first kappa shape index (κ1) is 20.1. The van der Waals surface area contributed by atoms with Crippen molar-refractivity contribution in [2.75, 3.05) is 19.7 Å². The Morgan fingerprint density at radius 2 is 2.03 bits per heavy atom. The molecule has 1 aromatic heterocycles. The van der Waals surface area contributed by atoms with Crippen LogP contribution in [0.15, 0.2) is 83.5 Å². The highest BCUT2D eigenvalue weighted by Gasteiger charge is 2.31. The number of aromatic nitrogens is 1. The molecule has 1 saturated heterocycles. The lowest BCUT2D eigenvalue weighted by atomic mass is 9.99. The molecule has 2 aromatic carbocycles. The van der Waals surface area contributed by atoms with E-state index in [0.717, 1.165) is 26.9 Å². The van der Waals surface area contributed by atoms with Gasteiger partial charge in [-0.15, -0.1) is 0 Å². The quantitative estimate of drug-likeness (QED) is 0.534. The maximum atomic E-state index is 12.9. The zero-order valence-corrected chi connectivity index (χ0v) is 17.1. The number of benzene rings is 2. The van der Waals surface area contributed by atoms with E-state index in [1.54, 1.807) is 17.3 Å². The number of rotatable bonds is 6. The Morgan fingerprint density at radius 3 is 2.83 bits per heavy atom. The van der Waals surface area contributed by atoms with Gasteiger partial charge in [0, 0.05) is 34.8 Å². The number of pyridine rings is 1. The van der Waals surface area contributed by atoms with Gasteiger partial charge in [-0.1, -0.05) is 36.4 Å². The van der Waals surface area contributed by atoms with Crippen LogP contribution in [0.3, 0.4) is 0 Å². The number of nitrogens with zero attached hydrogens (tertiary/aromatic N) is 2. The number of nitrogens with one attached hydrogen (secondary N) is 2. The van der Waals surface area contributed by atoms with Crippen LogP contribution >= 0.6 is 11.9 Å². The SMILES string of the molecule is N=C1CN(C(=O)C(CO)c2ccccc2)C/C1=C/NSc1ccc2ncccc2c1. The van der Waals surface area contributed by atoms with Crippen LogP contribution in [-0.2, 0) is 4.79 Å². The van der Waals surface area contributed by atoms with Gasteiger partial charge in [0.15, 0.2) is 0 Å². The molecule has 1 amide bonds. The van der Waals surface area contributed by atoms with Gasteiger partial charge in [-0.05, 0) is 41.8 Å². The second-order valence-electron chi connectivity index (χ2n) is 7.07. The molecule has 6 nitrogen and oxygen atoms in total. The van der Waals surface area contributed by atoms with E-state index in [0.29, 0.717) is 12.3 Å². The van der Waals surface area contributed by atoms with Crippen molar-refractivity contribution >= 4 is 34.5 Å². The van der Waals surface area contributed by atoms with E-state index in [9.17, 15) is 9.90 Å². The van der Waals surface area contributed by atoms with Gasteiger partial charge in [-0.25, -0.2) is 0 Å². The number of aliphatic hydroxyl groups excluding tert-OH is 1. The second kappa shape index (κ2) is 9.11. The van der Waals surface area contributed by atoms with Crippen molar-refractivity contribution < 1.29 is 9.90 Å². The van der Waals surface area contributed by atoms with Gasteiger partial charge in [0.2, 0.25) is 5.91 Å². The topological polar surface area (TPSA) is 89.3 Å². The number of carbonyl (C=O) groups is 1. The molecule has 0 spiro atoms. The minimum Gasteiger partial charge on any atom is -0.395 e. The number of carbonyl (C=O) groups excluding carboxylic acids is 1. The molecule has 0 saturated carbocycles. The molecule has 0 aliphatic carbocycles. The van der Waals surface area contributed by atoms with Gasteiger partial charge in [-0.2, -0.15) is 0 Å². The van der Waals surface area contributed by atoms with Gasteiger partial charge in [-0.3, -0.25) is 9.78 Å². The van der Waals surface area contributed by atoms with Crippen LogP contribution in [0.25, 0.3) is 10.9 Å². The molecule has 0 radical (unpaired) electrons. The normalized spacial score (nSPS) is 16.2. The van der Waals surface area contributed by atoms with Crippen molar-refractivity contribution in [3.05, 3.63) is 84.2 Å². The summed E-state index contributed by atoms with van der Waals surface area (Å²) >= 11 is 1.45. The number of hydrogen-bond donors (Lipinski definition) is 3. The smallest absolute Gasteiger partial charge is 0.233 e. The van der Waals surface area contributed by atoms with Gasteiger partial charge in [0.1, 0.15) is 0 Å². The summed E-state index contributed by atoms with van der Waals surface area (Å²) in [4.78, 5) is 19.9. The Bertz CT molecular complexity index is 1100. The van der Waals surface area contributed by atoms with E-state index in [1.807, 2.05) is 54.6 Å². The number of aliphatic hydroxyl groups is 1. The molecule has 30 heavy (non-hydrogen) atoms. The first-order chi connectivity index (χ1) is 14.7. The molecule has 1 aliphatic heterocycles. The highest BCUT2D eigenvalue weighted by atomic mass is 32.2. The molecule has 1 aliphatic rings. The van der Waals surface area contributed by atoms with Crippen LogP contribution in [0.4, 0.5) is 0 Å². The van der Waals surface area contributed by atoms with Gasteiger partial charge >= 0.3 is 0 Å². The summed E-state index contributed by atoms with van der Waals surface area (Å²) in [7, 11) is 0. The highest BCUT2D eigenvalue weighted by molar-refractivity contribution is 7.97. The number of amides is 1. The summed E-state index contributed by atoms with van der Waals surface area (Å²) < 4.78 is 3.18. The third-order valence-electron chi connectivity index (χ3n) is 5.08. The monoisotopic (exact) mass is 418 g/mol. The van der Waals surface area contributed by atoms with Crippen LogP contribution in [0.2, 0.25) is 0 Å². The van der Waals surface area contributed by atoms with Crippen molar-refractivity contribution in [3.63, 3.8) is 0 Å². The minimum atomic E-state index is -0.605. The summed E-state index contributed by atoms with van der Waals surface area (Å²) in [5.41, 5.74) is 2.91. The predicted octanol–water partition coefficient (Wildman–Crippen LogP) is 3.35. The zero-order valence-electron chi connectivity index (χ0n) is 16.3. The van der Waals surface area contributed by atoms with E-state index >= 15 is 0 Å². The minimum absolute atomic E-state index is 0.161. The largest absolute Gasteiger partial charge is 0.395 e. The molecule has 152 valence electrons. The standard InChI is InChI=1S/C23H22N4O2S/c24-21-14-27(23(29)20(15-28)16-5-2-1-3-6-16)13-18(21)12-26-30-19-8-9-22-17(11-19)7-4-10-25-22/h1-12,20,24,26,28H,13-15H2/b18-12-,24-21?. The van der Waals surface area contributed by atoms with Gasteiger partial charge in [0.25, 0.3) is 0 Å². The van der Waals surface area contributed by atoms with Crippen LogP contribution < -0.4 is 4.72 Å². The molecular formula is C23H22N4O2S. The van der Waals surface area contributed by atoms with Crippen molar-refractivity contribution in [1.82, 2.24) is 14.6 Å². The van der Waals surface area contributed by atoms with Crippen LogP contribution in [-0.4, -0.2) is 46.3 Å². The predicted molar refractivity (Wildman–Crippen MR) is 119 cm³/mol.